The minimum Gasteiger partial charge on any atom is -0.0599 e. The van der Waals surface area contributed by atoms with Crippen LogP contribution in [0, 0.1) is 28.6 Å². The van der Waals surface area contributed by atoms with Gasteiger partial charge < -0.3 is 0 Å². The third-order valence-corrected chi connectivity index (χ3v) is 5.57. The molecule has 0 nitrogen and oxygen atoms in total. The summed E-state index contributed by atoms with van der Waals surface area (Å²) in [5, 5.41) is 0. The van der Waals surface area contributed by atoms with E-state index < -0.39 is 0 Å². The molecule has 0 heteroatoms. The summed E-state index contributed by atoms with van der Waals surface area (Å²) < 4.78 is 0. The highest BCUT2D eigenvalue weighted by Crippen LogP contribution is 2.74. The first-order valence-corrected chi connectivity index (χ1v) is 6.02. The van der Waals surface area contributed by atoms with Crippen molar-refractivity contribution in [2.75, 3.05) is 0 Å². The highest BCUT2D eigenvalue weighted by atomic mass is 14.7. The van der Waals surface area contributed by atoms with Crippen LogP contribution in [0.15, 0.2) is 0 Å². The standard InChI is InChI=1S/C13H22/c1-12(2,3)11-7-10-6-9-4-5-13(9,10)8-11/h9-11H,4-8H2,1-3H3/t9-,10+,11?,13?/m1/s1. The molecule has 0 aromatic heterocycles. The number of hydrogen-bond donors (Lipinski definition) is 0. The first-order chi connectivity index (χ1) is 6.02. The second-order valence-corrected chi connectivity index (χ2v) is 6.90. The van der Waals surface area contributed by atoms with Crippen LogP contribution in [0.1, 0.15) is 52.9 Å². The number of hydrogen-bond acceptors (Lipinski definition) is 0. The van der Waals surface area contributed by atoms with Gasteiger partial charge in [0.2, 0.25) is 0 Å². The molecule has 0 heterocycles. The smallest absolute Gasteiger partial charge is 0.0238 e. The lowest BCUT2D eigenvalue weighted by molar-refractivity contribution is -0.120. The van der Waals surface area contributed by atoms with Crippen molar-refractivity contribution in [1.29, 1.82) is 0 Å². The van der Waals surface area contributed by atoms with Gasteiger partial charge in [-0.3, -0.25) is 0 Å². The molecule has 3 saturated carbocycles. The molecule has 0 N–H and O–H groups in total. The van der Waals surface area contributed by atoms with Crippen molar-refractivity contribution in [3.8, 4) is 0 Å². The Bertz CT molecular complexity index is 235. The van der Waals surface area contributed by atoms with Crippen molar-refractivity contribution in [2.45, 2.75) is 52.9 Å². The van der Waals surface area contributed by atoms with E-state index in [0.29, 0.717) is 5.41 Å². The minimum absolute atomic E-state index is 0.576. The molecule has 13 heavy (non-hydrogen) atoms. The molecule has 3 aliphatic carbocycles. The number of rotatable bonds is 0. The van der Waals surface area contributed by atoms with Gasteiger partial charge in [-0.2, -0.15) is 0 Å². The molecular weight excluding hydrogens is 156 g/mol. The average Bonchev–Trinajstić information content (AvgIpc) is 2.36. The predicted octanol–water partition coefficient (Wildman–Crippen LogP) is 3.86. The zero-order valence-corrected chi connectivity index (χ0v) is 9.27. The van der Waals surface area contributed by atoms with Crippen molar-refractivity contribution in [2.24, 2.45) is 28.6 Å². The van der Waals surface area contributed by atoms with Gasteiger partial charge in [0.15, 0.2) is 0 Å². The Balaban J connectivity index is 1.78. The fourth-order valence-corrected chi connectivity index (χ4v) is 4.34. The van der Waals surface area contributed by atoms with Crippen LogP contribution in [-0.2, 0) is 0 Å². The summed E-state index contributed by atoms with van der Waals surface area (Å²) in [7, 11) is 0. The zero-order chi connectivity index (χ0) is 9.27. The second-order valence-electron chi connectivity index (χ2n) is 6.90. The quantitative estimate of drug-likeness (QED) is 0.528. The van der Waals surface area contributed by atoms with Crippen LogP contribution >= 0.6 is 0 Å². The van der Waals surface area contributed by atoms with E-state index >= 15 is 0 Å². The molecule has 3 fully saturated rings. The molecule has 0 amide bonds. The summed E-state index contributed by atoms with van der Waals surface area (Å²) in [6, 6.07) is 0. The second kappa shape index (κ2) is 2.15. The molecular formula is C13H22. The SMILES string of the molecule is CC(C)(C)C1C[C@@H]2C[C@H]3CCC32C1. The van der Waals surface area contributed by atoms with Crippen LogP contribution in [0.5, 0.6) is 0 Å². The van der Waals surface area contributed by atoms with E-state index in [1.807, 2.05) is 0 Å². The fourth-order valence-electron chi connectivity index (χ4n) is 4.34. The third kappa shape index (κ3) is 0.877. The van der Waals surface area contributed by atoms with Crippen LogP contribution in [0.4, 0.5) is 0 Å². The Morgan fingerprint density at radius 3 is 2.23 bits per heavy atom. The summed E-state index contributed by atoms with van der Waals surface area (Å²) in [4.78, 5) is 0. The first kappa shape index (κ1) is 8.32. The first-order valence-electron chi connectivity index (χ1n) is 6.02. The Hall–Kier alpha value is 0. The van der Waals surface area contributed by atoms with E-state index in [4.69, 9.17) is 0 Å². The van der Waals surface area contributed by atoms with Gasteiger partial charge >= 0.3 is 0 Å². The van der Waals surface area contributed by atoms with E-state index in [1.54, 1.807) is 32.1 Å². The topological polar surface area (TPSA) is 0 Å². The van der Waals surface area contributed by atoms with Gasteiger partial charge in [0.05, 0.1) is 0 Å². The maximum atomic E-state index is 2.44. The van der Waals surface area contributed by atoms with Crippen LogP contribution in [0.2, 0.25) is 0 Å². The average molecular weight is 178 g/mol. The molecule has 0 aliphatic heterocycles. The highest BCUT2D eigenvalue weighted by Gasteiger charge is 2.64. The molecule has 1 spiro atoms. The monoisotopic (exact) mass is 178 g/mol. The molecule has 0 bridgehead atoms. The van der Waals surface area contributed by atoms with Gasteiger partial charge in [0.1, 0.15) is 0 Å². The molecule has 0 radical (unpaired) electrons. The van der Waals surface area contributed by atoms with Gasteiger partial charge in [-0.25, -0.2) is 0 Å². The van der Waals surface area contributed by atoms with E-state index in [9.17, 15) is 0 Å². The van der Waals surface area contributed by atoms with Crippen molar-refractivity contribution in [3.63, 3.8) is 0 Å². The lowest BCUT2D eigenvalue weighted by Crippen LogP contribution is -2.53. The van der Waals surface area contributed by atoms with Gasteiger partial charge in [-0.1, -0.05) is 20.8 Å². The Morgan fingerprint density at radius 1 is 1.08 bits per heavy atom. The van der Waals surface area contributed by atoms with Crippen LogP contribution in [0.3, 0.4) is 0 Å². The lowest BCUT2D eigenvalue weighted by Gasteiger charge is -2.61. The maximum absolute atomic E-state index is 2.44. The van der Waals surface area contributed by atoms with Gasteiger partial charge in [0.25, 0.3) is 0 Å². The normalized spacial score (nSPS) is 53.3. The van der Waals surface area contributed by atoms with E-state index in [1.165, 1.54) is 5.92 Å². The van der Waals surface area contributed by atoms with Crippen molar-refractivity contribution in [1.82, 2.24) is 0 Å². The van der Waals surface area contributed by atoms with Crippen LogP contribution < -0.4 is 0 Å². The predicted molar refractivity (Wildman–Crippen MR) is 55.4 cm³/mol. The highest BCUT2D eigenvalue weighted by molar-refractivity contribution is 5.14. The summed E-state index contributed by atoms with van der Waals surface area (Å²) in [6.45, 7) is 7.31. The largest absolute Gasteiger partial charge is 0.0599 e. The Kier molecular flexibility index (Phi) is 1.37. The maximum Gasteiger partial charge on any atom is -0.0238 e. The van der Waals surface area contributed by atoms with Gasteiger partial charge in [-0.15, -0.1) is 0 Å². The molecule has 2 unspecified atom stereocenters. The van der Waals surface area contributed by atoms with Gasteiger partial charge in [0, 0.05) is 0 Å². The molecule has 0 aromatic carbocycles. The molecule has 3 aliphatic rings. The van der Waals surface area contributed by atoms with Crippen molar-refractivity contribution < 1.29 is 0 Å². The minimum atomic E-state index is 0.576. The molecule has 74 valence electrons. The van der Waals surface area contributed by atoms with Crippen LogP contribution in [0.25, 0.3) is 0 Å². The van der Waals surface area contributed by atoms with E-state index in [-0.39, 0.29) is 0 Å². The Morgan fingerprint density at radius 2 is 1.85 bits per heavy atom. The zero-order valence-electron chi connectivity index (χ0n) is 9.27. The molecule has 3 rings (SSSR count). The molecule has 4 atom stereocenters. The fraction of sp³-hybridized carbons (Fsp3) is 1.00. The summed E-state index contributed by atoms with van der Waals surface area (Å²) in [5.41, 5.74) is 1.48. The summed E-state index contributed by atoms with van der Waals surface area (Å²) in [5.74, 6) is 3.35. The van der Waals surface area contributed by atoms with Crippen molar-refractivity contribution >= 4 is 0 Å². The summed E-state index contributed by atoms with van der Waals surface area (Å²) in [6.07, 6.45) is 7.86. The van der Waals surface area contributed by atoms with Crippen LogP contribution in [-0.4, -0.2) is 0 Å². The molecule has 0 aromatic rings. The third-order valence-electron chi connectivity index (χ3n) is 5.57. The molecule has 0 saturated heterocycles. The van der Waals surface area contributed by atoms with Crippen molar-refractivity contribution in [3.05, 3.63) is 0 Å². The lowest BCUT2D eigenvalue weighted by atomic mass is 9.43. The van der Waals surface area contributed by atoms with E-state index in [2.05, 4.69) is 20.8 Å². The Labute approximate surface area is 82.1 Å². The van der Waals surface area contributed by atoms with E-state index in [0.717, 1.165) is 17.3 Å². The summed E-state index contributed by atoms with van der Waals surface area (Å²) >= 11 is 0. The van der Waals surface area contributed by atoms with Gasteiger partial charge in [-0.05, 0) is 60.7 Å².